The Morgan fingerprint density at radius 1 is 1.21 bits per heavy atom. The summed E-state index contributed by atoms with van der Waals surface area (Å²) >= 11 is 1.25. The van der Waals surface area contributed by atoms with Crippen LogP contribution in [-0.4, -0.2) is 62.6 Å². The largest absolute Gasteiger partial charge is 0.396 e. The van der Waals surface area contributed by atoms with Gasteiger partial charge in [0.2, 0.25) is 0 Å². The maximum Gasteiger partial charge on any atom is 0.185 e. The second-order valence-corrected chi connectivity index (χ2v) is 10.2. The third-order valence-corrected chi connectivity index (χ3v) is 8.09. The Balaban J connectivity index is 4.25. The van der Waals surface area contributed by atoms with Gasteiger partial charge in [-0.15, -0.1) is 0 Å². The van der Waals surface area contributed by atoms with Crippen molar-refractivity contribution < 1.29 is 27.0 Å². The van der Waals surface area contributed by atoms with Gasteiger partial charge in [0.15, 0.2) is 24.8 Å². The van der Waals surface area contributed by atoms with E-state index >= 15 is 0 Å². The second-order valence-electron chi connectivity index (χ2n) is 4.57. The zero-order valence-corrected chi connectivity index (χ0v) is 13.2. The van der Waals surface area contributed by atoms with Crippen molar-refractivity contribution in [2.75, 3.05) is 35.6 Å². The van der Waals surface area contributed by atoms with E-state index in [-0.39, 0.29) is 24.7 Å². The quantitative estimate of drug-likeness (QED) is 0.526. The lowest BCUT2D eigenvalue weighted by Gasteiger charge is -2.23. The molecule has 0 aromatic heterocycles. The Hall–Kier alpha value is -0.0900. The monoisotopic (exact) mass is 332 g/mol. The van der Waals surface area contributed by atoms with Crippen LogP contribution in [0, 0.1) is 5.41 Å². The molecule has 0 saturated heterocycles. The molecule has 0 saturated carbocycles. The summed E-state index contributed by atoms with van der Waals surface area (Å²) in [6.07, 6.45) is 0. The van der Waals surface area contributed by atoms with Gasteiger partial charge in [0.05, 0.1) is 19.0 Å². The van der Waals surface area contributed by atoms with E-state index in [0.29, 0.717) is 11.2 Å². The maximum absolute atomic E-state index is 11.5. The molecule has 0 rings (SSSR count). The van der Waals surface area contributed by atoms with Gasteiger partial charge in [0, 0.05) is 22.3 Å². The maximum atomic E-state index is 11.5. The number of rotatable bonds is 10. The summed E-state index contributed by atoms with van der Waals surface area (Å²) in [6, 6.07) is 0. The summed E-state index contributed by atoms with van der Waals surface area (Å²) in [5, 5.41) is 17.8. The number of sulfone groups is 2. The van der Waals surface area contributed by atoms with E-state index in [1.807, 2.05) is 0 Å². The summed E-state index contributed by atoms with van der Waals surface area (Å²) in [4.78, 5) is 0. The molecule has 2 N–H and O–H groups in total. The van der Waals surface area contributed by atoms with E-state index in [0.717, 1.165) is 0 Å². The fourth-order valence-electron chi connectivity index (χ4n) is 1.00. The van der Waals surface area contributed by atoms with Gasteiger partial charge in [0.25, 0.3) is 0 Å². The van der Waals surface area contributed by atoms with Gasteiger partial charge in [-0.3, -0.25) is 0 Å². The van der Waals surface area contributed by atoms with E-state index in [2.05, 4.69) is 6.58 Å². The van der Waals surface area contributed by atoms with Crippen LogP contribution in [0.5, 0.6) is 0 Å². The molecule has 6 nitrogen and oxygen atoms in total. The SMILES string of the molecule is C=CS(=O)(=O)CS(=O)(=O)CCSCC(C)(CO)CO. The normalized spacial score (nSPS) is 13.4. The molecule has 19 heavy (non-hydrogen) atoms. The number of thioether (sulfide) groups is 1. The van der Waals surface area contributed by atoms with Gasteiger partial charge in [-0.25, -0.2) is 16.8 Å². The Kier molecular flexibility index (Phi) is 7.59. The van der Waals surface area contributed by atoms with Crippen molar-refractivity contribution >= 4 is 31.4 Å². The third-order valence-electron chi connectivity index (χ3n) is 2.35. The van der Waals surface area contributed by atoms with Gasteiger partial charge < -0.3 is 10.2 Å². The first kappa shape index (κ1) is 18.9. The fourth-order valence-corrected chi connectivity index (χ4v) is 6.17. The zero-order valence-electron chi connectivity index (χ0n) is 10.8. The Labute approximate surface area is 118 Å². The minimum Gasteiger partial charge on any atom is -0.396 e. The lowest BCUT2D eigenvalue weighted by Crippen LogP contribution is -2.29. The number of aliphatic hydroxyl groups excluding tert-OH is 2. The minimum absolute atomic E-state index is 0.200. The van der Waals surface area contributed by atoms with E-state index in [4.69, 9.17) is 10.2 Å². The first-order valence-corrected chi connectivity index (χ1v) is 10.1. The van der Waals surface area contributed by atoms with E-state index in [1.165, 1.54) is 11.8 Å². The molecule has 0 aliphatic carbocycles. The topological polar surface area (TPSA) is 109 Å². The zero-order chi connectivity index (χ0) is 15.2. The van der Waals surface area contributed by atoms with Gasteiger partial charge in [-0.1, -0.05) is 13.5 Å². The molecule has 0 unspecified atom stereocenters. The number of hydrogen-bond acceptors (Lipinski definition) is 7. The van der Waals surface area contributed by atoms with Crippen LogP contribution >= 0.6 is 11.8 Å². The van der Waals surface area contributed by atoms with Gasteiger partial charge in [-0.05, 0) is 0 Å². The molecular weight excluding hydrogens is 312 g/mol. The molecule has 0 aromatic rings. The van der Waals surface area contributed by atoms with Crippen LogP contribution in [0.15, 0.2) is 12.0 Å². The molecule has 0 aromatic carbocycles. The number of aliphatic hydroxyl groups is 2. The smallest absolute Gasteiger partial charge is 0.185 e. The van der Waals surface area contributed by atoms with E-state index < -0.39 is 30.2 Å². The molecule has 0 spiro atoms. The highest BCUT2D eigenvalue weighted by Gasteiger charge is 2.23. The summed E-state index contributed by atoms with van der Waals surface area (Å²) < 4.78 is 45.3. The minimum atomic E-state index is -3.77. The Bertz CT molecular complexity index is 475. The molecule has 114 valence electrons. The molecule has 0 fully saturated rings. The van der Waals surface area contributed by atoms with Crippen LogP contribution in [0.4, 0.5) is 0 Å². The van der Waals surface area contributed by atoms with Crippen LogP contribution in [0.25, 0.3) is 0 Å². The van der Waals surface area contributed by atoms with Gasteiger partial charge in [-0.2, -0.15) is 11.8 Å². The second kappa shape index (κ2) is 7.63. The molecular formula is C10H20O6S3. The predicted molar refractivity (Wildman–Crippen MR) is 77.4 cm³/mol. The van der Waals surface area contributed by atoms with Crippen LogP contribution in [0.2, 0.25) is 0 Å². The first-order valence-electron chi connectivity index (χ1n) is 5.45. The predicted octanol–water partition coefficient (Wildman–Crippen LogP) is -0.359. The molecule has 0 bridgehead atoms. The average molecular weight is 332 g/mol. The summed E-state index contributed by atoms with van der Waals surface area (Å²) in [5.74, 6) is 0.339. The number of hydrogen-bond donors (Lipinski definition) is 2. The van der Waals surface area contributed by atoms with Crippen molar-refractivity contribution in [3.8, 4) is 0 Å². The first-order chi connectivity index (χ1) is 8.60. The molecule has 0 amide bonds. The van der Waals surface area contributed by atoms with Crippen LogP contribution in [-0.2, 0) is 19.7 Å². The molecule has 0 aliphatic heterocycles. The summed E-state index contributed by atoms with van der Waals surface area (Å²) in [6.45, 7) is 4.33. The lowest BCUT2D eigenvalue weighted by atomic mass is 9.96. The standard InChI is InChI=1S/C10H20O6S3/c1-3-18(13,14)9-19(15,16)5-4-17-8-10(2,6-11)7-12/h3,11-12H,1,4-9H2,2H3. The van der Waals surface area contributed by atoms with Crippen LogP contribution in [0.3, 0.4) is 0 Å². The van der Waals surface area contributed by atoms with Crippen molar-refractivity contribution in [2.24, 2.45) is 5.41 Å². The fraction of sp³-hybridized carbons (Fsp3) is 0.800. The van der Waals surface area contributed by atoms with Crippen molar-refractivity contribution in [1.82, 2.24) is 0 Å². The van der Waals surface area contributed by atoms with Crippen molar-refractivity contribution in [1.29, 1.82) is 0 Å². The molecule has 0 heterocycles. The van der Waals surface area contributed by atoms with Crippen LogP contribution in [0.1, 0.15) is 6.92 Å². The summed E-state index contributed by atoms with van der Waals surface area (Å²) in [7, 11) is -7.45. The molecule has 9 heteroatoms. The molecule has 0 aliphatic rings. The van der Waals surface area contributed by atoms with E-state index in [9.17, 15) is 16.8 Å². The molecule has 0 radical (unpaired) electrons. The van der Waals surface area contributed by atoms with Gasteiger partial charge >= 0.3 is 0 Å². The van der Waals surface area contributed by atoms with Crippen molar-refractivity contribution in [2.45, 2.75) is 6.92 Å². The third kappa shape index (κ3) is 7.93. The lowest BCUT2D eigenvalue weighted by molar-refractivity contribution is 0.0895. The average Bonchev–Trinajstić information content (AvgIpc) is 2.33. The Morgan fingerprint density at radius 3 is 2.16 bits per heavy atom. The highest BCUT2D eigenvalue weighted by Crippen LogP contribution is 2.21. The van der Waals surface area contributed by atoms with Gasteiger partial charge in [0.1, 0.15) is 0 Å². The molecule has 0 atom stereocenters. The van der Waals surface area contributed by atoms with Crippen molar-refractivity contribution in [3.63, 3.8) is 0 Å². The van der Waals surface area contributed by atoms with E-state index in [1.54, 1.807) is 6.92 Å². The van der Waals surface area contributed by atoms with Crippen molar-refractivity contribution in [3.05, 3.63) is 12.0 Å². The highest BCUT2D eigenvalue weighted by molar-refractivity contribution is 8.09. The Morgan fingerprint density at radius 2 is 1.74 bits per heavy atom. The highest BCUT2D eigenvalue weighted by atomic mass is 32.3. The van der Waals surface area contributed by atoms with Crippen LogP contribution < -0.4 is 0 Å². The summed E-state index contributed by atoms with van der Waals surface area (Å²) in [5.41, 5.74) is -0.665.